The predicted molar refractivity (Wildman–Crippen MR) is 108 cm³/mol. The Balaban J connectivity index is 1.68. The van der Waals surface area contributed by atoms with Crippen LogP contribution >= 0.6 is 0 Å². The average molecular weight is 391 g/mol. The van der Waals surface area contributed by atoms with E-state index in [1.54, 1.807) is 18.2 Å². The van der Waals surface area contributed by atoms with Crippen LogP contribution in [0.25, 0.3) is 5.57 Å². The number of carbonyl (C=O) groups excluding carboxylic acids is 1. The van der Waals surface area contributed by atoms with E-state index >= 15 is 0 Å². The zero-order chi connectivity index (χ0) is 20.6. The minimum Gasteiger partial charge on any atom is -0.478 e. The van der Waals surface area contributed by atoms with E-state index in [1.807, 2.05) is 30.3 Å². The molecule has 0 fully saturated rings. The molecule has 0 aliphatic heterocycles. The van der Waals surface area contributed by atoms with Gasteiger partial charge in [-0.3, -0.25) is 5.32 Å². The summed E-state index contributed by atoms with van der Waals surface area (Å²) in [5.74, 6) is -1.37. The highest BCUT2D eigenvalue weighted by Gasteiger charge is 2.08. The predicted octanol–water partition coefficient (Wildman–Crippen LogP) is 5.20. The molecule has 3 aromatic rings. The molecule has 0 radical (unpaired) electrons. The highest BCUT2D eigenvalue weighted by Crippen LogP contribution is 2.23. The van der Waals surface area contributed by atoms with Gasteiger partial charge in [-0.2, -0.15) is 0 Å². The van der Waals surface area contributed by atoms with Crippen molar-refractivity contribution in [3.8, 4) is 0 Å². The number of anilines is 1. The van der Waals surface area contributed by atoms with Gasteiger partial charge in [-0.05, 0) is 59.2 Å². The number of halogens is 1. The molecule has 146 valence electrons. The molecule has 0 unspecified atom stereocenters. The zero-order valence-electron chi connectivity index (χ0n) is 15.3. The van der Waals surface area contributed by atoms with E-state index in [0.29, 0.717) is 5.69 Å². The Hall–Kier alpha value is -3.93. The third-order valence-electron chi connectivity index (χ3n) is 4.12. The van der Waals surface area contributed by atoms with Gasteiger partial charge in [-0.1, -0.05) is 42.5 Å². The molecule has 0 atom stereocenters. The number of ether oxygens (including phenoxy) is 1. The molecular weight excluding hydrogens is 373 g/mol. The van der Waals surface area contributed by atoms with Gasteiger partial charge in [-0.25, -0.2) is 14.0 Å². The van der Waals surface area contributed by atoms with Crippen LogP contribution in [0, 0.1) is 5.82 Å². The van der Waals surface area contributed by atoms with Gasteiger partial charge in [0.15, 0.2) is 0 Å². The highest BCUT2D eigenvalue weighted by molar-refractivity contribution is 5.89. The van der Waals surface area contributed by atoms with Crippen LogP contribution in [0.2, 0.25) is 0 Å². The van der Waals surface area contributed by atoms with Crippen molar-refractivity contribution >= 4 is 23.3 Å². The van der Waals surface area contributed by atoms with Gasteiger partial charge in [-0.15, -0.1) is 0 Å². The molecule has 0 saturated carbocycles. The first-order valence-electron chi connectivity index (χ1n) is 8.81. The number of carbonyl (C=O) groups is 2. The van der Waals surface area contributed by atoms with Crippen LogP contribution in [-0.4, -0.2) is 23.8 Å². The smallest absolute Gasteiger partial charge is 0.411 e. The van der Waals surface area contributed by atoms with E-state index < -0.39 is 12.1 Å². The maximum absolute atomic E-state index is 13.3. The van der Waals surface area contributed by atoms with Crippen molar-refractivity contribution in [1.29, 1.82) is 0 Å². The molecule has 0 aliphatic carbocycles. The summed E-state index contributed by atoms with van der Waals surface area (Å²) >= 11 is 0. The molecule has 3 aromatic carbocycles. The second-order valence-corrected chi connectivity index (χ2v) is 6.10. The van der Waals surface area contributed by atoms with Crippen molar-refractivity contribution in [2.75, 3.05) is 11.9 Å². The summed E-state index contributed by atoms with van der Waals surface area (Å²) in [7, 11) is 0. The third-order valence-corrected chi connectivity index (χ3v) is 4.12. The summed E-state index contributed by atoms with van der Waals surface area (Å²) in [6, 6.07) is 21.3. The molecule has 0 saturated heterocycles. The fraction of sp³-hybridized carbons (Fsp3) is 0.0435. The van der Waals surface area contributed by atoms with E-state index in [2.05, 4.69) is 5.32 Å². The van der Waals surface area contributed by atoms with Gasteiger partial charge in [0.2, 0.25) is 0 Å². The lowest BCUT2D eigenvalue weighted by molar-refractivity contribution is 0.0697. The summed E-state index contributed by atoms with van der Waals surface area (Å²) in [5.41, 5.74) is 3.06. The van der Waals surface area contributed by atoms with Gasteiger partial charge in [0.05, 0.1) is 5.56 Å². The lowest BCUT2D eigenvalue weighted by Crippen LogP contribution is -2.14. The Morgan fingerprint density at radius 1 is 0.862 bits per heavy atom. The maximum Gasteiger partial charge on any atom is 0.411 e. The summed E-state index contributed by atoms with van der Waals surface area (Å²) in [5, 5.41) is 11.4. The number of nitrogens with one attached hydrogen (secondary N) is 1. The zero-order valence-corrected chi connectivity index (χ0v) is 15.3. The van der Waals surface area contributed by atoms with Crippen LogP contribution in [0.1, 0.15) is 21.5 Å². The second kappa shape index (κ2) is 9.32. The monoisotopic (exact) mass is 391 g/mol. The summed E-state index contributed by atoms with van der Waals surface area (Å²) < 4.78 is 18.5. The molecule has 0 aromatic heterocycles. The van der Waals surface area contributed by atoms with Crippen molar-refractivity contribution in [2.24, 2.45) is 0 Å². The quantitative estimate of drug-likeness (QED) is 0.605. The fourth-order valence-electron chi connectivity index (χ4n) is 2.70. The summed E-state index contributed by atoms with van der Waals surface area (Å²) in [6.45, 7) is 0.000642. The van der Waals surface area contributed by atoms with Crippen molar-refractivity contribution in [3.63, 3.8) is 0 Å². The Bertz CT molecular complexity index is 1010. The van der Waals surface area contributed by atoms with E-state index in [4.69, 9.17) is 9.84 Å². The van der Waals surface area contributed by atoms with Crippen molar-refractivity contribution < 1.29 is 23.8 Å². The molecule has 3 rings (SSSR count). The number of hydrogen-bond donors (Lipinski definition) is 2. The Morgan fingerprint density at radius 2 is 1.45 bits per heavy atom. The Kier molecular flexibility index (Phi) is 6.37. The van der Waals surface area contributed by atoms with Crippen LogP contribution in [-0.2, 0) is 4.74 Å². The maximum atomic E-state index is 13.3. The molecule has 29 heavy (non-hydrogen) atoms. The summed E-state index contributed by atoms with van der Waals surface area (Å²) in [6.07, 6.45) is 1.08. The third kappa shape index (κ3) is 5.52. The first-order chi connectivity index (χ1) is 14.0. The fourth-order valence-corrected chi connectivity index (χ4v) is 2.70. The SMILES string of the molecule is O=C(Nc1ccc(C(=O)O)cc1)OC/C=C(/c1ccccc1)c1ccc(F)cc1. The van der Waals surface area contributed by atoms with Gasteiger partial charge in [0, 0.05) is 5.69 Å². The van der Waals surface area contributed by atoms with E-state index in [1.165, 1.54) is 36.4 Å². The first-order valence-corrected chi connectivity index (χ1v) is 8.81. The Morgan fingerprint density at radius 3 is 2.07 bits per heavy atom. The largest absolute Gasteiger partial charge is 0.478 e. The standard InChI is InChI=1S/C23H18FNO4/c24-19-10-6-17(7-11-19)21(16-4-2-1-3-5-16)14-15-29-23(28)25-20-12-8-18(9-13-20)22(26)27/h1-14H,15H2,(H,25,28)(H,26,27)/b21-14-. The van der Waals surface area contributed by atoms with Crippen molar-refractivity contribution in [1.82, 2.24) is 0 Å². The Labute approximate surface area is 167 Å². The van der Waals surface area contributed by atoms with E-state index in [-0.39, 0.29) is 18.0 Å². The molecule has 6 heteroatoms. The van der Waals surface area contributed by atoms with Gasteiger partial charge >= 0.3 is 12.1 Å². The number of benzene rings is 3. The van der Waals surface area contributed by atoms with Crippen LogP contribution < -0.4 is 5.32 Å². The minimum atomic E-state index is -1.04. The molecule has 5 nitrogen and oxygen atoms in total. The van der Waals surface area contributed by atoms with E-state index in [9.17, 15) is 14.0 Å². The van der Waals surface area contributed by atoms with Crippen LogP contribution in [0.3, 0.4) is 0 Å². The second-order valence-electron chi connectivity index (χ2n) is 6.10. The van der Waals surface area contributed by atoms with Crippen LogP contribution in [0.15, 0.2) is 84.9 Å². The molecule has 2 N–H and O–H groups in total. The lowest BCUT2D eigenvalue weighted by Gasteiger charge is -2.10. The lowest BCUT2D eigenvalue weighted by atomic mass is 9.98. The summed E-state index contributed by atoms with van der Waals surface area (Å²) in [4.78, 5) is 22.9. The van der Waals surface area contributed by atoms with Crippen molar-refractivity contribution in [3.05, 3.63) is 107 Å². The van der Waals surface area contributed by atoms with Gasteiger partial charge < -0.3 is 9.84 Å². The highest BCUT2D eigenvalue weighted by atomic mass is 19.1. The van der Waals surface area contributed by atoms with E-state index in [0.717, 1.165) is 16.7 Å². The van der Waals surface area contributed by atoms with Crippen LogP contribution in [0.4, 0.5) is 14.9 Å². The molecule has 0 aliphatic rings. The number of hydrogen-bond acceptors (Lipinski definition) is 3. The number of rotatable bonds is 6. The van der Waals surface area contributed by atoms with Gasteiger partial charge in [0.1, 0.15) is 12.4 Å². The number of carboxylic acid groups (broad SMARTS) is 1. The van der Waals surface area contributed by atoms with Crippen molar-refractivity contribution in [2.45, 2.75) is 0 Å². The number of carboxylic acids is 1. The number of aromatic carboxylic acids is 1. The molecule has 0 heterocycles. The average Bonchev–Trinajstić information content (AvgIpc) is 2.73. The minimum absolute atomic E-state index is 0.000642. The van der Waals surface area contributed by atoms with Gasteiger partial charge in [0.25, 0.3) is 0 Å². The normalized spacial score (nSPS) is 11.0. The molecule has 0 bridgehead atoms. The molecular formula is C23H18FNO4. The molecule has 0 spiro atoms. The topological polar surface area (TPSA) is 75.6 Å². The van der Waals surface area contributed by atoms with Crippen LogP contribution in [0.5, 0.6) is 0 Å². The number of amides is 1. The first kappa shape index (κ1) is 19.8. The molecule has 1 amide bonds.